The molecule has 1 aromatic carbocycles. The Morgan fingerprint density at radius 2 is 1.76 bits per heavy atom. The fourth-order valence-electron chi connectivity index (χ4n) is 4.84. The van der Waals surface area contributed by atoms with Crippen LogP contribution in [0, 0.1) is 17.8 Å². The molecule has 4 rings (SSSR count). The van der Waals surface area contributed by atoms with Crippen LogP contribution in [0.25, 0.3) is 0 Å². The van der Waals surface area contributed by atoms with Gasteiger partial charge in [0, 0.05) is 12.0 Å². The number of fused-ring (bicyclic) bond motifs is 1. The normalized spacial score (nSPS) is 32.7. The molecule has 3 heteroatoms. The lowest BCUT2D eigenvalue weighted by atomic mass is 9.64. The molecule has 3 fully saturated rings. The van der Waals surface area contributed by atoms with Gasteiger partial charge in [-0.15, -0.1) is 0 Å². The van der Waals surface area contributed by atoms with Crippen LogP contribution in [0.15, 0.2) is 42.5 Å². The summed E-state index contributed by atoms with van der Waals surface area (Å²) in [6.45, 7) is 0. The Labute approximate surface area is 149 Å². The minimum absolute atomic E-state index is 0.0118. The number of piperidine rings is 1. The van der Waals surface area contributed by atoms with E-state index in [1.807, 2.05) is 24.3 Å². The number of benzene rings is 1. The molecule has 1 aliphatic heterocycles. The lowest BCUT2D eigenvalue weighted by Gasteiger charge is -2.45. The van der Waals surface area contributed by atoms with Gasteiger partial charge in [0.15, 0.2) is 5.78 Å². The number of hydrogen-bond donors (Lipinski definition) is 1. The molecule has 132 valence electrons. The number of carbonyl (C=O) groups excluding carboxylic acids is 2. The van der Waals surface area contributed by atoms with E-state index < -0.39 is 5.92 Å². The van der Waals surface area contributed by atoms with Crippen LogP contribution in [0.4, 0.5) is 0 Å². The topological polar surface area (TPSA) is 46.2 Å². The molecule has 3 aliphatic rings. The molecule has 0 aromatic heterocycles. The van der Waals surface area contributed by atoms with E-state index in [-0.39, 0.29) is 23.7 Å². The highest BCUT2D eigenvalue weighted by molar-refractivity contribution is 6.08. The van der Waals surface area contributed by atoms with Crippen molar-refractivity contribution in [2.75, 3.05) is 0 Å². The summed E-state index contributed by atoms with van der Waals surface area (Å²) < 4.78 is 0. The molecule has 0 bridgehead atoms. The zero-order chi connectivity index (χ0) is 17.2. The van der Waals surface area contributed by atoms with E-state index in [2.05, 4.69) is 17.4 Å². The van der Waals surface area contributed by atoms with Crippen LogP contribution in [0.5, 0.6) is 0 Å². The van der Waals surface area contributed by atoms with Gasteiger partial charge in [-0.1, -0.05) is 55.7 Å². The molecular weight excluding hydrogens is 310 g/mol. The van der Waals surface area contributed by atoms with Crippen LogP contribution in [0.1, 0.15) is 56.4 Å². The Bertz CT molecular complexity index is 662. The number of ketones is 1. The molecule has 0 spiro atoms. The summed E-state index contributed by atoms with van der Waals surface area (Å²) in [6, 6.07) is 10.4. The zero-order valence-corrected chi connectivity index (χ0v) is 14.7. The summed E-state index contributed by atoms with van der Waals surface area (Å²) in [5, 5.41) is 3.17. The van der Waals surface area contributed by atoms with E-state index in [1.165, 1.54) is 32.1 Å². The number of carbonyl (C=O) groups is 2. The van der Waals surface area contributed by atoms with Gasteiger partial charge in [0.2, 0.25) is 5.91 Å². The van der Waals surface area contributed by atoms with Crippen LogP contribution in [-0.2, 0) is 9.59 Å². The van der Waals surface area contributed by atoms with Gasteiger partial charge in [-0.25, -0.2) is 0 Å². The largest absolute Gasteiger partial charge is 0.352 e. The molecule has 1 heterocycles. The lowest BCUT2D eigenvalue weighted by molar-refractivity contribution is -0.137. The van der Waals surface area contributed by atoms with Crippen LogP contribution in [0.2, 0.25) is 0 Å². The highest BCUT2D eigenvalue weighted by Crippen LogP contribution is 2.44. The molecule has 3 nitrogen and oxygen atoms in total. The summed E-state index contributed by atoms with van der Waals surface area (Å²) in [4.78, 5) is 25.8. The molecule has 1 saturated heterocycles. The van der Waals surface area contributed by atoms with Crippen molar-refractivity contribution in [3.8, 4) is 0 Å². The summed E-state index contributed by atoms with van der Waals surface area (Å²) in [7, 11) is 0. The van der Waals surface area contributed by atoms with Crippen LogP contribution in [0.3, 0.4) is 0 Å². The fourth-order valence-corrected chi connectivity index (χ4v) is 4.84. The molecular formula is C22H27NO2. The number of rotatable bonds is 4. The van der Waals surface area contributed by atoms with E-state index in [0.29, 0.717) is 11.8 Å². The molecule has 1 amide bonds. The van der Waals surface area contributed by atoms with Crippen molar-refractivity contribution in [2.24, 2.45) is 17.8 Å². The summed E-state index contributed by atoms with van der Waals surface area (Å²) in [5.74, 6) is 0.271. The van der Waals surface area contributed by atoms with Crippen molar-refractivity contribution in [3.63, 3.8) is 0 Å². The fraction of sp³-hybridized carbons (Fsp3) is 0.545. The van der Waals surface area contributed by atoms with Crippen LogP contribution < -0.4 is 5.32 Å². The van der Waals surface area contributed by atoms with Gasteiger partial charge in [0.25, 0.3) is 0 Å². The Kier molecular flexibility index (Phi) is 4.74. The van der Waals surface area contributed by atoms with E-state index in [4.69, 9.17) is 0 Å². The minimum atomic E-state index is -0.571. The molecule has 2 saturated carbocycles. The molecule has 1 N–H and O–H groups in total. The Balaban J connectivity index is 1.64. The highest BCUT2D eigenvalue weighted by atomic mass is 16.2. The van der Waals surface area contributed by atoms with Gasteiger partial charge in [-0.3, -0.25) is 9.59 Å². The van der Waals surface area contributed by atoms with Crippen molar-refractivity contribution in [3.05, 3.63) is 48.0 Å². The van der Waals surface area contributed by atoms with Crippen molar-refractivity contribution in [1.82, 2.24) is 5.32 Å². The van der Waals surface area contributed by atoms with Crippen LogP contribution >= 0.6 is 0 Å². The molecule has 4 unspecified atom stereocenters. The third-order valence-corrected chi connectivity index (χ3v) is 6.42. The molecule has 25 heavy (non-hydrogen) atoms. The van der Waals surface area contributed by atoms with Crippen molar-refractivity contribution >= 4 is 11.7 Å². The predicted molar refractivity (Wildman–Crippen MR) is 98.0 cm³/mol. The second-order valence-electron chi connectivity index (χ2n) is 7.93. The van der Waals surface area contributed by atoms with E-state index in [9.17, 15) is 9.59 Å². The SMILES string of the molecule is O=C(/C=C/C1CCC1)C1C(=O)NC2CCCCC2C1c1ccccc1. The number of amides is 1. The van der Waals surface area contributed by atoms with E-state index in [1.54, 1.807) is 6.08 Å². The second-order valence-corrected chi connectivity index (χ2v) is 7.93. The third-order valence-electron chi connectivity index (χ3n) is 6.42. The molecule has 1 aromatic rings. The molecule has 2 aliphatic carbocycles. The quantitative estimate of drug-likeness (QED) is 0.667. The van der Waals surface area contributed by atoms with E-state index >= 15 is 0 Å². The molecule has 4 atom stereocenters. The van der Waals surface area contributed by atoms with Crippen molar-refractivity contribution < 1.29 is 9.59 Å². The van der Waals surface area contributed by atoms with Gasteiger partial charge < -0.3 is 5.32 Å². The lowest BCUT2D eigenvalue weighted by Crippen LogP contribution is -2.56. The van der Waals surface area contributed by atoms with Gasteiger partial charge >= 0.3 is 0 Å². The second kappa shape index (κ2) is 7.15. The van der Waals surface area contributed by atoms with Crippen molar-refractivity contribution in [1.29, 1.82) is 0 Å². The van der Waals surface area contributed by atoms with E-state index in [0.717, 1.165) is 18.4 Å². The zero-order valence-electron chi connectivity index (χ0n) is 14.7. The Morgan fingerprint density at radius 1 is 1.00 bits per heavy atom. The molecule has 0 radical (unpaired) electrons. The first kappa shape index (κ1) is 16.6. The summed E-state index contributed by atoms with van der Waals surface area (Å²) >= 11 is 0. The van der Waals surface area contributed by atoms with Gasteiger partial charge in [-0.05, 0) is 49.2 Å². The maximum absolute atomic E-state index is 13.0. The average Bonchev–Trinajstić information content (AvgIpc) is 2.59. The smallest absolute Gasteiger partial charge is 0.231 e. The number of allylic oxidation sites excluding steroid dienone is 2. The maximum atomic E-state index is 13.0. The standard InChI is InChI=1S/C22H27NO2/c24-19(14-13-15-7-6-8-15)21-20(16-9-2-1-3-10-16)17-11-4-5-12-18(17)23-22(21)25/h1-3,9-10,13-15,17-18,20-21H,4-8,11-12H2,(H,23,25)/b14-13+. The van der Waals surface area contributed by atoms with Gasteiger partial charge in [0.1, 0.15) is 5.92 Å². The summed E-state index contributed by atoms with van der Waals surface area (Å²) in [6.07, 6.45) is 11.8. The van der Waals surface area contributed by atoms with Gasteiger partial charge in [0.05, 0.1) is 0 Å². The number of hydrogen-bond acceptors (Lipinski definition) is 2. The highest BCUT2D eigenvalue weighted by Gasteiger charge is 2.47. The maximum Gasteiger partial charge on any atom is 0.231 e. The first-order valence-electron chi connectivity index (χ1n) is 9.81. The Hall–Kier alpha value is -1.90. The predicted octanol–water partition coefficient (Wildman–Crippen LogP) is 4.00. The average molecular weight is 337 g/mol. The van der Waals surface area contributed by atoms with Gasteiger partial charge in [-0.2, -0.15) is 0 Å². The van der Waals surface area contributed by atoms with Crippen molar-refractivity contribution in [2.45, 2.75) is 56.9 Å². The summed E-state index contributed by atoms with van der Waals surface area (Å²) in [5.41, 5.74) is 1.14. The van der Waals surface area contributed by atoms with Crippen LogP contribution in [-0.4, -0.2) is 17.7 Å². The third kappa shape index (κ3) is 3.29. The first-order chi connectivity index (χ1) is 12.2. The Morgan fingerprint density at radius 3 is 2.48 bits per heavy atom. The monoisotopic (exact) mass is 337 g/mol. The first-order valence-corrected chi connectivity index (χ1v) is 9.81. The minimum Gasteiger partial charge on any atom is -0.352 e. The number of nitrogens with one attached hydrogen (secondary N) is 1.